The average molecular weight is 530 g/mol. The number of hydrogen-bond donors (Lipinski definition) is 2. The summed E-state index contributed by atoms with van der Waals surface area (Å²) < 4.78 is 37.4. The Morgan fingerprint density at radius 1 is 1.32 bits per heavy atom. The third-order valence-electron chi connectivity index (χ3n) is 4.36. The molecule has 11 heteroatoms. The fourth-order valence-electron chi connectivity index (χ4n) is 2.83. The number of carboxylic acid groups (broad SMARTS) is 1. The van der Waals surface area contributed by atoms with Crippen molar-refractivity contribution in [2.24, 2.45) is 0 Å². The van der Waals surface area contributed by atoms with Crippen molar-refractivity contribution in [1.82, 2.24) is 9.55 Å². The maximum Gasteiger partial charge on any atom is 0.409 e. The van der Waals surface area contributed by atoms with Gasteiger partial charge in [-0.15, -0.1) is 0 Å². The van der Waals surface area contributed by atoms with Crippen LogP contribution in [0.2, 0.25) is 25.7 Å². The fourth-order valence-corrected chi connectivity index (χ4v) is 5.32. The molecule has 2 aromatic heterocycles. The van der Waals surface area contributed by atoms with E-state index in [1.165, 1.54) is 0 Å². The third kappa shape index (κ3) is 6.06. The second-order valence-electron chi connectivity index (χ2n) is 8.10. The number of amides is 1. The van der Waals surface area contributed by atoms with Crippen LogP contribution in [0.15, 0.2) is 44.9 Å². The van der Waals surface area contributed by atoms with E-state index in [2.05, 4.69) is 40.6 Å². The standard InChI is InChI=1S/C20H22BrF2N3O3SSi/c1-31(2,3)7-6-29-11-26-10-13(21)17-16(4-5-24-19(17)26)30-18-14(22)8-12(9-15(18)23)25-20(27)28/h4-5,8-10,25H,6-7,11H2,1-3H3,(H,27,28). The van der Waals surface area contributed by atoms with E-state index >= 15 is 0 Å². The van der Waals surface area contributed by atoms with Crippen molar-refractivity contribution in [3.05, 3.63) is 46.7 Å². The molecule has 2 heterocycles. The molecule has 3 aromatic rings. The lowest BCUT2D eigenvalue weighted by atomic mass is 10.3. The van der Waals surface area contributed by atoms with Crippen molar-refractivity contribution in [1.29, 1.82) is 0 Å². The van der Waals surface area contributed by atoms with Gasteiger partial charge in [0.2, 0.25) is 0 Å². The summed E-state index contributed by atoms with van der Waals surface area (Å²) in [6, 6.07) is 4.62. The van der Waals surface area contributed by atoms with Crippen molar-refractivity contribution < 1.29 is 23.4 Å². The lowest BCUT2D eigenvalue weighted by Gasteiger charge is -2.15. The zero-order chi connectivity index (χ0) is 22.8. The Morgan fingerprint density at radius 3 is 2.61 bits per heavy atom. The van der Waals surface area contributed by atoms with Gasteiger partial charge in [0.25, 0.3) is 0 Å². The van der Waals surface area contributed by atoms with Gasteiger partial charge in [0.15, 0.2) is 0 Å². The molecule has 0 aliphatic carbocycles. The molecule has 0 spiro atoms. The minimum atomic E-state index is -1.40. The molecule has 0 fully saturated rings. The third-order valence-corrected chi connectivity index (χ3v) is 7.82. The van der Waals surface area contributed by atoms with Crippen molar-refractivity contribution in [2.45, 2.75) is 42.2 Å². The molecule has 3 rings (SSSR count). The van der Waals surface area contributed by atoms with Gasteiger partial charge in [-0.05, 0) is 40.2 Å². The van der Waals surface area contributed by atoms with Crippen LogP contribution < -0.4 is 5.32 Å². The van der Waals surface area contributed by atoms with E-state index in [0.717, 1.165) is 34.4 Å². The second kappa shape index (κ2) is 9.68. The first-order valence-corrected chi connectivity index (χ1v) is 14.7. The van der Waals surface area contributed by atoms with Crippen molar-refractivity contribution >= 4 is 58.6 Å². The predicted octanol–water partition coefficient (Wildman–Crippen LogP) is 6.63. The molecular weight excluding hydrogens is 508 g/mol. The minimum Gasteiger partial charge on any atom is -0.465 e. The normalized spacial score (nSPS) is 11.8. The van der Waals surface area contributed by atoms with E-state index in [9.17, 15) is 13.6 Å². The molecule has 0 bridgehead atoms. The second-order valence-corrected chi connectivity index (χ2v) is 15.6. The Hall–Kier alpha value is -1.95. The number of anilines is 1. The lowest BCUT2D eigenvalue weighted by Crippen LogP contribution is -2.22. The molecule has 1 amide bonds. The molecule has 0 unspecified atom stereocenters. The van der Waals surface area contributed by atoms with Crippen LogP contribution in [-0.4, -0.2) is 35.4 Å². The summed E-state index contributed by atoms with van der Waals surface area (Å²) in [6.07, 6.45) is 2.02. The van der Waals surface area contributed by atoms with Crippen LogP contribution in [0.4, 0.5) is 19.3 Å². The number of pyridine rings is 1. The molecule has 0 atom stereocenters. The number of benzene rings is 1. The van der Waals surface area contributed by atoms with E-state index in [1.54, 1.807) is 12.3 Å². The summed E-state index contributed by atoms with van der Waals surface area (Å²) in [6.45, 7) is 7.84. The molecule has 0 aliphatic heterocycles. The lowest BCUT2D eigenvalue weighted by molar-refractivity contribution is 0.0898. The summed E-state index contributed by atoms with van der Waals surface area (Å²) in [5, 5.41) is 11.4. The SMILES string of the molecule is C[Si](C)(C)CCOCn1cc(Br)c2c(Sc3c(F)cc(NC(=O)O)cc3F)ccnc21. The number of hydrogen-bond acceptors (Lipinski definition) is 4. The van der Waals surface area contributed by atoms with E-state index < -0.39 is 25.8 Å². The Labute approximate surface area is 192 Å². The van der Waals surface area contributed by atoms with Crippen LogP contribution in [0.3, 0.4) is 0 Å². The van der Waals surface area contributed by atoms with E-state index in [4.69, 9.17) is 9.84 Å². The van der Waals surface area contributed by atoms with Crippen molar-refractivity contribution in [3.63, 3.8) is 0 Å². The van der Waals surface area contributed by atoms with Gasteiger partial charge in [0.05, 0.1) is 4.90 Å². The van der Waals surface area contributed by atoms with Gasteiger partial charge < -0.3 is 14.4 Å². The quantitative estimate of drug-likeness (QED) is 0.253. The summed E-state index contributed by atoms with van der Waals surface area (Å²) in [5.74, 6) is -1.71. The number of fused-ring (bicyclic) bond motifs is 1. The number of rotatable bonds is 8. The first-order chi connectivity index (χ1) is 14.5. The summed E-state index contributed by atoms with van der Waals surface area (Å²) in [4.78, 5) is 15.5. The number of ether oxygens (including phenoxy) is 1. The van der Waals surface area contributed by atoms with Gasteiger partial charge in [-0.25, -0.2) is 18.6 Å². The number of carbonyl (C=O) groups is 1. The molecule has 0 radical (unpaired) electrons. The van der Waals surface area contributed by atoms with Crippen LogP contribution in [-0.2, 0) is 11.5 Å². The summed E-state index contributed by atoms with van der Waals surface area (Å²) in [5.41, 5.74) is 0.462. The molecule has 166 valence electrons. The molecule has 6 nitrogen and oxygen atoms in total. The van der Waals surface area contributed by atoms with Crippen molar-refractivity contribution in [3.8, 4) is 0 Å². The van der Waals surface area contributed by atoms with Crippen LogP contribution >= 0.6 is 27.7 Å². The van der Waals surface area contributed by atoms with E-state index in [0.29, 0.717) is 29.3 Å². The predicted molar refractivity (Wildman–Crippen MR) is 124 cm³/mol. The van der Waals surface area contributed by atoms with Crippen LogP contribution in [0.25, 0.3) is 11.0 Å². The maximum atomic E-state index is 14.5. The first-order valence-electron chi connectivity index (χ1n) is 9.43. The van der Waals surface area contributed by atoms with Gasteiger partial charge in [0.1, 0.15) is 24.0 Å². The molecule has 31 heavy (non-hydrogen) atoms. The van der Waals surface area contributed by atoms with Gasteiger partial charge in [-0.2, -0.15) is 0 Å². The molecule has 0 saturated carbocycles. The molecule has 2 N–H and O–H groups in total. The summed E-state index contributed by atoms with van der Waals surface area (Å²) in [7, 11) is -1.19. The van der Waals surface area contributed by atoms with Gasteiger partial charge in [0, 0.05) is 47.5 Å². The maximum absolute atomic E-state index is 14.5. The van der Waals surface area contributed by atoms with Crippen LogP contribution in [0.5, 0.6) is 0 Å². The zero-order valence-corrected chi connectivity index (χ0v) is 20.6. The number of halogens is 3. The van der Waals surface area contributed by atoms with Gasteiger partial charge >= 0.3 is 6.09 Å². The van der Waals surface area contributed by atoms with Gasteiger partial charge in [-0.3, -0.25) is 5.32 Å². The average Bonchev–Trinajstić information content (AvgIpc) is 2.97. The highest BCUT2D eigenvalue weighted by Gasteiger charge is 2.19. The largest absolute Gasteiger partial charge is 0.465 e. The molecule has 0 aliphatic rings. The Balaban J connectivity index is 1.86. The number of nitrogens with one attached hydrogen (secondary N) is 1. The Bertz CT molecular complexity index is 1100. The Kier molecular flexibility index (Phi) is 7.40. The number of aromatic nitrogens is 2. The molecule has 0 saturated heterocycles. The highest BCUT2D eigenvalue weighted by Crippen LogP contribution is 2.40. The molecule has 1 aromatic carbocycles. The summed E-state index contributed by atoms with van der Waals surface area (Å²) >= 11 is 4.43. The highest BCUT2D eigenvalue weighted by atomic mass is 79.9. The first kappa shape index (κ1) is 23.7. The number of nitrogens with zero attached hydrogens (tertiary/aromatic N) is 2. The zero-order valence-electron chi connectivity index (χ0n) is 17.2. The van der Waals surface area contributed by atoms with Gasteiger partial charge in [-0.1, -0.05) is 31.4 Å². The molecular formula is C20H22BrF2N3O3SSi. The fraction of sp³-hybridized carbons (Fsp3) is 0.300. The van der Waals surface area contributed by atoms with E-state index in [1.807, 2.05) is 16.1 Å². The Morgan fingerprint density at radius 2 is 2.00 bits per heavy atom. The smallest absolute Gasteiger partial charge is 0.409 e. The van der Waals surface area contributed by atoms with Crippen LogP contribution in [0, 0.1) is 11.6 Å². The van der Waals surface area contributed by atoms with Crippen molar-refractivity contribution in [2.75, 3.05) is 11.9 Å². The van der Waals surface area contributed by atoms with Crippen LogP contribution in [0.1, 0.15) is 0 Å². The topological polar surface area (TPSA) is 76.4 Å². The van der Waals surface area contributed by atoms with E-state index in [-0.39, 0.29) is 10.6 Å². The minimum absolute atomic E-state index is 0.172. The highest BCUT2D eigenvalue weighted by molar-refractivity contribution is 9.10. The monoisotopic (exact) mass is 529 g/mol.